The van der Waals surface area contributed by atoms with Gasteiger partial charge in [0.05, 0.1) is 17.9 Å². The monoisotopic (exact) mass is 279 g/mol. The highest BCUT2D eigenvalue weighted by atomic mass is 19.1. The van der Waals surface area contributed by atoms with E-state index in [0.717, 1.165) is 24.7 Å². The second kappa shape index (κ2) is 7.14. The number of aromatic nitrogens is 1. The van der Waals surface area contributed by atoms with Crippen LogP contribution in [-0.4, -0.2) is 35.6 Å². The highest BCUT2D eigenvalue weighted by Gasteiger charge is 2.29. The Morgan fingerprint density at radius 1 is 1.45 bits per heavy atom. The fraction of sp³-hybridized carbons (Fsp3) is 0.688. The summed E-state index contributed by atoms with van der Waals surface area (Å²) in [5, 5.41) is 3.30. The number of pyridine rings is 1. The van der Waals surface area contributed by atoms with Gasteiger partial charge in [-0.1, -0.05) is 6.92 Å². The Labute approximate surface area is 121 Å². The maximum absolute atomic E-state index is 12.9. The average Bonchev–Trinajstić information content (AvgIpc) is 2.82. The molecule has 2 heterocycles. The molecule has 0 saturated carbocycles. The maximum atomic E-state index is 12.9. The normalized spacial score (nSPS) is 25.0. The second-order valence-electron chi connectivity index (χ2n) is 5.76. The van der Waals surface area contributed by atoms with Gasteiger partial charge in [0.15, 0.2) is 0 Å². The average molecular weight is 279 g/mol. The SMILES string of the molecule is CCC1CCC(C)N1CCC(NC)c1ccc(F)cn1. The van der Waals surface area contributed by atoms with Gasteiger partial charge < -0.3 is 5.32 Å². The van der Waals surface area contributed by atoms with Gasteiger partial charge >= 0.3 is 0 Å². The Bertz CT molecular complexity index is 407. The Morgan fingerprint density at radius 3 is 2.85 bits per heavy atom. The third-order valence-electron chi connectivity index (χ3n) is 4.56. The third kappa shape index (κ3) is 3.55. The molecule has 0 bridgehead atoms. The molecular weight excluding hydrogens is 253 g/mol. The first-order valence-electron chi connectivity index (χ1n) is 7.70. The Hall–Kier alpha value is -1.00. The first kappa shape index (κ1) is 15.4. The first-order chi connectivity index (χ1) is 9.65. The molecule has 1 aromatic heterocycles. The summed E-state index contributed by atoms with van der Waals surface area (Å²) in [6.07, 6.45) is 6.15. The summed E-state index contributed by atoms with van der Waals surface area (Å²) in [5.74, 6) is -0.275. The lowest BCUT2D eigenvalue weighted by molar-refractivity contribution is 0.188. The van der Waals surface area contributed by atoms with E-state index in [9.17, 15) is 4.39 Å². The molecule has 3 unspecified atom stereocenters. The van der Waals surface area contributed by atoms with Crippen LogP contribution in [0.3, 0.4) is 0 Å². The molecule has 1 fully saturated rings. The van der Waals surface area contributed by atoms with E-state index in [1.54, 1.807) is 6.07 Å². The second-order valence-corrected chi connectivity index (χ2v) is 5.76. The predicted molar refractivity (Wildman–Crippen MR) is 80.1 cm³/mol. The van der Waals surface area contributed by atoms with Gasteiger partial charge in [-0.15, -0.1) is 0 Å². The van der Waals surface area contributed by atoms with Crippen LogP contribution in [-0.2, 0) is 0 Å². The van der Waals surface area contributed by atoms with Gasteiger partial charge in [-0.3, -0.25) is 9.88 Å². The molecule has 0 spiro atoms. The number of nitrogens with one attached hydrogen (secondary N) is 1. The molecule has 0 amide bonds. The predicted octanol–water partition coefficient (Wildman–Crippen LogP) is 3.13. The molecule has 4 heteroatoms. The summed E-state index contributed by atoms with van der Waals surface area (Å²) in [6.45, 7) is 5.66. The van der Waals surface area contributed by atoms with Crippen LogP contribution in [0.2, 0.25) is 0 Å². The summed E-state index contributed by atoms with van der Waals surface area (Å²) in [7, 11) is 1.94. The number of likely N-dealkylation sites (tertiary alicyclic amines) is 1. The van der Waals surface area contributed by atoms with Crippen LogP contribution in [0.15, 0.2) is 18.3 Å². The molecule has 112 valence electrons. The molecule has 0 aliphatic carbocycles. The highest BCUT2D eigenvalue weighted by molar-refractivity contribution is 5.10. The number of nitrogens with zero attached hydrogens (tertiary/aromatic N) is 2. The zero-order chi connectivity index (χ0) is 14.5. The third-order valence-corrected chi connectivity index (χ3v) is 4.56. The Balaban J connectivity index is 1.95. The van der Waals surface area contributed by atoms with E-state index in [4.69, 9.17) is 0 Å². The maximum Gasteiger partial charge on any atom is 0.141 e. The molecule has 1 aliphatic rings. The summed E-state index contributed by atoms with van der Waals surface area (Å²) < 4.78 is 12.9. The minimum Gasteiger partial charge on any atom is -0.312 e. The van der Waals surface area contributed by atoms with E-state index < -0.39 is 0 Å². The van der Waals surface area contributed by atoms with Crippen LogP contribution in [0.25, 0.3) is 0 Å². The van der Waals surface area contributed by atoms with Gasteiger partial charge in [0, 0.05) is 18.6 Å². The molecular formula is C16H26FN3. The lowest BCUT2D eigenvalue weighted by Crippen LogP contribution is -2.36. The molecule has 1 aliphatic heterocycles. The quantitative estimate of drug-likeness (QED) is 0.867. The lowest BCUT2D eigenvalue weighted by atomic mass is 10.1. The largest absolute Gasteiger partial charge is 0.312 e. The first-order valence-corrected chi connectivity index (χ1v) is 7.70. The van der Waals surface area contributed by atoms with Gasteiger partial charge in [-0.25, -0.2) is 4.39 Å². The van der Waals surface area contributed by atoms with E-state index in [1.165, 1.54) is 31.5 Å². The van der Waals surface area contributed by atoms with Crippen molar-refractivity contribution in [2.75, 3.05) is 13.6 Å². The zero-order valence-electron chi connectivity index (χ0n) is 12.8. The fourth-order valence-corrected chi connectivity index (χ4v) is 3.28. The van der Waals surface area contributed by atoms with E-state index >= 15 is 0 Å². The zero-order valence-corrected chi connectivity index (χ0v) is 12.8. The van der Waals surface area contributed by atoms with E-state index in [2.05, 4.69) is 29.0 Å². The minimum absolute atomic E-state index is 0.195. The number of hydrogen-bond donors (Lipinski definition) is 1. The fourth-order valence-electron chi connectivity index (χ4n) is 3.28. The van der Waals surface area contributed by atoms with E-state index in [0.29, 0.717) is 6.04 Å². The number of halogens is 1. The van der Waals surface area contributed by atoms with Crippen molar-refractivity contribution in [2.45, 2.75) is 57.7 Å². The topological polar surface area (TPSA) is 28.2 Å². The number of rotatable bonds is 6. The molecule has 0 radical (unpaired) electrons. The van der Waals surface area contributed by atoms with Crippen molar-refractivity contribution in [3.63, 3.8) is 0 Å². The standard InChI is InChI=1S/C16H26FN3/c1-4-14-7-5-12(2)20(14)10-9-15(18-3)16-8-6-13(17)11-19-16/h6,8,11-12,14-15,18H,4-5,7,9-10H2,1-3H3. The van der Waals surface area contributed by atoms with E-state index in [1.807, 2.05) is 7.05 Å². The lowest BCUT2D eigenvalue weighted by Gasteiger charge is -2.29. The Morgan fingerprint density at radius 2 is 2.25 bits per heavy atom. The van der Waals surface area contributed by atoms with Crippen molar-refractivity contribution in [3.8, 4) is 0 Å². The molecule has 3 nitrogen and oxygen atoms in total. The van der Waals surface area contributed by atoms with Crippen LogP contribution in [0.4, 0.5) is 4.39 Å². The van der Waals surface area contributed by atoms with Crippen molar-refractivity contribution in [1.82, 2.24) is 15.2 Å². The molecule has 1 aromatic rings. The molecule has 1 saturated heterocycles. The number of hydrogen-bond acceptors (Lipinski definition) is 3. The van der Waals surface area contributed by atoms with Gasteiger partial charge in [0.2, 0.25) is 0 Å². The van der Waals surface area contributed by atoms with Gasteiger partial charge in [-0.2, -0.15) is 0 Å². The van der Waals surface area contributed by atoms with Crippen molar-refractivity contribution in [1.29, 1.82) is 0 Å². The highest BCUT2D eigenvalue weighted by Crippen LogP contribution is 2.27. The van der Waals surface area contributed by atoms with Gasteiger partial charge in [0.25, 0.3) is 0 Å². The molecule has 1 N–H and O–H groups in total. The summed E-state index contributed by atoms with van der Waals surface area (Å²) >= 11 is 0. The molecule has 0 aromatic carbocycles. The van der Waals surface area contributed by atoms with Crippen molar-refractivity contribution >= 4 is 0 Å². The van der Waals surface area contributed by atoms with E-state index in [-0.39, 0.29) is 11.9 Å². The van der Waals surface area contributed by atoms with Crippen LogP contribution >= 0.6 is 0 Å². The minimum atomic E-state index is -0.275. The molecule has 20 heavy (non-hydrogen) atoms. The van der Waals surface area contributed by atoms with Crippen LogP contribution in [0, 0.1) is 5.82 Å². The molecule has 3 atom stereocenters. The van der Waals surface area contributed by atoms with Crippen molar-refractivity contribution < 1.29 is 4.39 Å². The molecule has 2 rings (SSSR count). The summed E-state index contributed by atoms with van der Waals surface area (Å²) in [6, 6.07) is 4.87. The van der Waals surface area contributed by atoms with Crippen LogP contribution in [0.5, 0.6) is 0 Å². The van der Waals surface area contributed by atoms with Crippen molar-refractivity contribution in [3.05, 3.63) is 29.8 Å². The van der Waals surface area contributed by atoms with Gasteiger partial charge in [-0.05, 0) is 51.8 Å². The van der Waals surface area contributed by atoms with Crippen molar-refractivity contribution in [2.24, 2.45) is 0 Å². The smallest absolute Gasteiger partial charge is 0.141 e. The summed E-state index contributed by atoms with van der Waals surface area (Å²) in [4.78, 5) is 6.82. The van der Waals surface area contributed by atoms with Crippen LogP contribution < -0.4 is 5.32 Å². The van der Waals surface area contributed by atoms with Crippen LogP contribution in [0.1, 0.15) is 51.3 Å². The van der Waals surface area contributed by atoms with Gasteiger partial charge in [0.1, 0.15) is 5.82 Å². The summed E-state index contributed by atoms with van der Waals surface area (Å²) in [5.41, 5.74) is 0.925. The Kier molecular flexibility index (Phi) is 5.49.